The van der Waals surface area contributed by atoms with E-state index in [1.54, 1.807) is 6.07 Å². The molecule has 1 unspecified atom stereocenters. The molecule has 0 spiro atoms. The number of rotatable bonds is 4. The molecule has 2 rings (SSSR count). The Balaban J connectivity index is 2.14. The summed E-state index contributed by atoms with van der Waals surface area (Å²) in [4.78, 5) is 16.0. The van der Waals surface area contributed by atoms with Crippen molar-refractivity contribution >= 4 is 11.7 Å². The number of carboxylic acid groups (broad SMARTS) is 1. The molecule has 1 aliphatic rings. The van der Waals surface area contributed by atoms with E-state index in [1.165, 1.54) is 0 Å². The molecule has 1 fully saturated rings. The quantitative estimate of drug-likeness (QED) is 0.816. The lowest BCUT2D eigenvalue weighted by molar-refractivity contribution is 0.0689. The molecule has 0 radical (unpaired) electrons. The number of carbonyl (C=O) groups is 1. The van der Waals surface area contributed by atoms with Crippen molar-refractivity contribution in [3.63, 3.8) is 0 Å². The van der Waals surface area contributed by atoms with Crippen molar-refractivity contribution in [1.29, 1.82) is 0 Å². The largest absolute Gasteiger partial charge is 0.478 e. The molecular weight excluding hydrogens is 254 g/mol. The standard InChI is InChI=1S/C15H23N3O2/c1-3-12-10-18(8-7-17(12)2)9-11-5-4-6-13(16)14(11)15(19)20/h4-6,12H,3,7-10,16H2,1-2H3,(H,19,20). The first-order valence-electron chi connectivity index (χ1n) is 7.06. The van der Waals surface area contributed by atoms with Gasteiger partial charge in [0.1, 0.15) is 0 Å². The average molecular weight is 277 g/mol. The molecule has 1 aromatic rings. The summed E-state index contributed by atoms with van der Waals surface area (Å²) in [5.41, 5.74) is 7.19. The highest BCUT2D eigenvalue weighted by atomic mass is 16.4. The molecule has 1 atom stereocenters. The van der Waals surface area contributed by atoms with Crippen LogP contribution in [0.3, 0.4) is 0 Å². The Labute approximate surface area is 120 Å². The average Bonchev–Trinajstić information content (AvgIpc) is 2.40. The highest BCUT2D eigenvalue weighted by molar-refractivity contribution is 5.95. The first-order valence-corrected chi connectivity index (χ1v) is 7.06. The molecule has 20 heavy (non-hydrogen) atoms. The minimum Gasteiger partial charge on any atom is -0.478 e. The van der Waals surface area contributed by atoms with Crippen LogP contribution in [0.1, 0.15) is 29.3 Å². The molecule has 1 heterocycles. The highest BCUT2D eigenvalue weighted by Crippen LogP contribution is 2.20. The van der Waals surface area contributed by atoms with Gasteiger partial charge in [-0.1, -0.05) is 19.1 Å². The first kappa shape index (κ1) is 14.8. The van der Waals surface area contributed by atoms with Crippen LogP contribution in [0.15, 0.2) is 18.2 Å². The third-order valence-corrected chi connectivity index (χ3v) is 4.12. The van der Waals surface area contributed by atoms with Crippen LogP contribution in [-0.2, 0) is 6.54 Å². The summed E-state index contributed by atoms with van der Waals surface area (Å²) in [6, 6.07) is 5.87. The maximum absolute atomic E-state index is 11.4. The van der Waals surface area contributed by atoms with Crippen molar-refractivity contribution in [2.75, 3.05) is 32.4 Å². The van der Waals surface area contributed by atoms with Gasteiger partial charge in [0, 0.05) is 37.9 Å². The van der Waals surface area contributed by atoms with E-state index >= 15 is 0 Å². The Morgan fingerprint density at radius 1 is 1.45 bits per heavy atom. The van der Waals surface area contributed by atoms with Crippen LogP contribution < -0.4 is 5.73 Å². The van der Waals surface area contributed by atoms with E-state index in [2.05, 4.69) is 23.8 Å². The summed E-state index contributed by atoms with van der Waals surface area (Å²) in [6.45, 7) is 5.79. The number of nitrogens with two attached hydrogens (primary N) is 1. The lowest BCUT2D eigenvalue weighted by Gasteiger charge is -2.39. The molecule has 0 aromatic heterocycles. The molecule has 3 N–H and O–H groups in total. The zero-order valence-corrected chi connectivity index (χ0v) is 12.2. The predicted octanol–water partition coefficient (Wildman–Crippen LogP) is 1.49. The molecule has 5 nitrogen and oxygen atoms in total. The Morgan fingerprint density at radius 3 is 2.85 bits per heavy atom. The van der Waals surface area contributed by atoms with Gasteiger partial charge in [0.05, 0.1) is 5.56 Å². The minimum absolute atomic E-state index is 0.250. The van der Waals surface area contributed by atoms with Gasteiger partial charge >= 0.3 is 5.97 Å². The van der Waals surface area contributed by atoms with Crippen LogP contribution in [0.5, 0.6) is 0 Å². The number of benzene rings is 1. The monoisotopic (exact) mass is 277 g/mol. The third kappa shape index (κ3) is 3.11. The number of hydrogen-bond donors (Lipinski definition) is 2. The molecule has 0 amide bonds. The van der Waals surface area contributed by atoms with Crippen LogP contribution in [0.4, 0.5) is 5.69 Å². The lowest BCUT2D eigenvalue weighted by Crippen LogP contribution is -2.50. The normalized spacial score (nSPS) is 21.0. The fourth-order valence-electron chi connectivity index (χ4n) is 2.85. The Bertz CT molecular complexity index is 490. The summed E-state index contributed by atoms with van der Waals surface area (Å²) >= 11 is 0. The topological polar surface area (TPSA) is 69.8 Å². The Hall–Kier alpha value is -1.59. The van der Waals surface area contributed by atoms with Gasteiger partial charge in [-0.2, -0.15) is 0 Å². The van der Waals surface area contributed by atoms with Gasteiger partial charge in [0.15, 0.2) is 0 Å². The van der Waals surface area contributed by atoms with E-state index in [0.29, 0.717) is 18.3 Å². The number of likely N-dealkylation sites (N-methyl/N-ethyl adjacent to an activating group) is 1. The molecule has 1 saturated heterocycles. The molecular formula is C15H23N3O2. The Kier molecular flexibility index (Phi) is 4.62. The van der Waals surface area contributed by atoms with Gasteiger partial charge in [-0.15, -0.1) is 0 Å². The molecule has 110 valence electrons. The maximum atomic E-state index is 11.4. The number of nitrogens with zero attached hydrogens (tertiary/aromatic N) is 2. The van der Waals surface area contributed by atoms with Crippen molar-refractivity contribution in [3.05, 3.63) is 29.3 Å². The zero-order valence-electron chi connectivity index (χ0n) is 12.2. The van der Waals surface area contributed by atoms with Crippen LogP contribution in [0.2, 0.25) is 0 Å². The van der Waals surface area contributed by atoms with Gasteiger partial charge < -0.3 is 15.7 Å². The number of carboxylic acids is 1. The summed E-state index contributed by atoms with van der Waals surface area (Å²) in [5, 5.41) is 9.31. The van der Waals surface area contributed by atoms with E-state index in [9.17, 15) is 9.90 Å². The van der Waals surface area contributed by atoms with E-state index in [4.69, 9.17) is 5.73 Å². The number of aromatic carboxylic acids is 1. The fraction of sp³-hybridized carbons (Fsp3) is 0.533. The third-order valence-electron chi connectivity index (χ3n) is 4.12. The van der Waals surface area contributed by atoms with Crippen molar-refractivity contribution in [3.8, 4) is 0 Å². The number of piperazine rings is 1. The van der Waals surface area contributed by atoms with E-state index < -0.39 is 5.97 Å². The molecule has 1 aliphatic heterocycles. The molecule has 1 aromatic carbocycles. The summed E-state index contributed by atoms with van der Waals surface area (Å²) < 4.78 is 0. The van der Waals surface area contributed by atoms with E-state index in [1.807, 2.05) is 12.1 Å². The van der Waals surface area contributed by atoms with Crippen molar-refractivity contribution in [1.82, 2.24) is 9.80 Å². The van der Waals surface area contributed by atoms with Gasteiger partial charge in [-0.25, -0.2) is 4.79 Å². The molecule has 0 aliphatic carbocycles. The lowest BCUT2D eigenvalue weighted by atomic mass is 10.0. The summed E-state index contributed by atoms with van der Waals surface area (Å²) in [5.74, 6) is -0.945. The minimum atomic E-state index is -0.945. The second kappa shape index (κ2) is 6.24. The summed E-state index contributed by atoms with van der Waals surface area (Å²) in [7, 11) is 2.15. The van der Waals surface area contributed by atoms with Crippen LogP contribution in [-0.4, -0.2) is 53.6 Å². The second-order valence-corrected chi connectivity index (χ2v) is 5.46. The van der Waals surface area contributed by atoms with Gasteiger partial charge in [0.25, 0.3) is 0 Å². The smallest absolute Gasteiger partial charge is 0.338 e. The van der Waals surface area contributed by atoms with E-state index in [-0.39, 0.29) is 5.56 Å². The molecule has 0 saturated carbocycles. The van der Waals surface area contributed by atoms with Crippen LogP contribution in [0.25, 0.3) is 0 Å². The van der Waals surface area contributed by atoms with Crippen molar-refractivity contribution in [2.24, 2.45) is 0 Å². The second-order valence-electron chi connectivity index (χ2n) is 5.46. The Morgan fingerprint density at radius 2 is 2.20 bits per heavy atom. The number of anilines is 1. The van der Waals surface area contributed by atoms with Crippen molar-refractivity contribution in [2.45, 2.75) is 25.9 Å². The zero-order chi connectivity index (χ0) is 14.7. The van der Waals surface area contributed by atoms with Crippen LogP contribution in [0, 0.1) is 0 Å². The number of nitrogen functional groups attached to an aromatic ring is 1. The van der Waals surface area contributed by atoms with Gasteiger partial charge in [-0.3, -0.25) is 4.90 Å². The number of hydrogen-bond acceptors (Lipinski definition) is 4. The predicted molar refractivity (Wildman–Crippen MR) is 79.8 cm³/mol. The van der Waals surface area contributed by atoms with E-state index in [0.717, 1.165) is 31.6 Å². The molecule has 5 heteroatoms. The van der Waals surface area contributed by atoms with Crippen LogP contribution >= 0.6 is 0 Å². The summed E-state index contributed by atoms with van der Waals surface area (Å²) in [6.07, 6.45) is 1.11. The maximum Gasteiger partial charge on any atom is 0.338 e. The van der Waals surface area contributed by atoms with Crippen molar-refractivity contribution < 1.29 is 9.90 Å². The fourth-order valence-corrected chi connectivity index (χ4v) is 2.85. The molecule has 0 bridgehead atoms. The van der Waals surface area contributed by atoms with Gasteiger partial charge in [-0.05, 0) is 25.1 Å². The van der Waals surface area contributed by atoms with Gasteiger partial charge in [0.2, 0.25) is 0 Å². The highest BCUT2D eigenvalue weighted by Gasteiger charge is 2.24. The first-order chi connectivity index (χ1) is 9.52. The SMILES string of the molecule is CCC1CN(Cc2cccc(N)c2C(=O)O)CCN1C.